The Morgan fingerprint density at radius 3 is 2.36 bits per heavy atom. The molecule has 0 aliphatic carbocycles. The smallest absolute Gasteiger partial charge is 0.264 e. The Bertz CT molecular complexity index is 281. The van der Waals surface area contributed by atoms with E-state index in [1.807, 2.05) is 30.6 Å². The quantitative estimate of drug-likeness (QED) is 0.562. The monoisotopic (exact) mass is 177 g/mol. The molecule has 2 heteroatoms. The summed E-state index contributed by atoms with van der Waals surface area (Å²) in [5.74, 6) is 0. The minimum atomic E-state index is 0. The summed E-state index contributed by atoms with van der Waals surface area (Å²) in [6.07, 6.45) is 3.68. The Morgan fingerprint density at radius 2 is 1.64 bits per heavy atom. The van der Waals surface area contributed by atoms with Crippen LogP contribution in [0.4, 0.5) is 0 Å². The van der Waals surface area contributed by atoms with Crippen LogP contribution in [-0.4, -0.2) is 4.98 Å². The van der Waals surface area contributed by atoms with E-state index in [-0.39, 0.29) is 21.7 Å². The normalized spacial score (nSPS) is 9.09. The molecule has 0 aliphatic rings. The first-order valence-electron chi connectivity index (χ1n) is 3.25. The summed E-state index contributed by atoms with van der Waals surface area (Å²) in [5, 5.41) is 2.45. The molecule has 0 saturated heterocycles. The molecule has 0 amide bonds. The predicted molar refractivity (Wildman–Crippen MR) is 41.7 cm³/mol. The molecule has 0 aliphatic heterocycles. The van der Waals surface area contributed by atoms with Gasteiger partial charge in [0.1, 0.15) is 0 Å². The minimum Gasteiger partial charge on any atom is -0.264 e. The maximum atomic E-state index is 4.01. The Labute approximate surface area is 80.3 Å². The molecule has 48 valence electrons. The summed E-state index contributed by atoms with van der Waals surface area (Å²) in [6.45, 7) is 0. The zero-order chi connectivity index (χ0) is 6.81. The van der Waals surface area contributed by atoms with Crippen LogP contribution in [0.2, 0.25) is 0 Å². The Kier molecular flexibility index (Phi) is 2.80. The minimum absolute atomic E-state index is 0. The van der Waals surface area contributed by atoms with Crippen LogP contribution in [0.15, 0.2) is 42.7 Å². The topological polar surface area (TPSA) is 12.9 Å². The van der Waals surface area contributed by atoms with Crippen LogP contribution in [0.1, 0.15) is 0 Å². The molecule has 1 nitrogen and oxygen atoms in total. The van der Waals surface area contributed by atoms with Crippen molar-refractivity contribution in [3.05, 3.63) is 42.7 Å². The molecule has 0 spiro atoms. The molecule has 0 atom stereocenters. The fourth-order valence-electron chi connectivity index (χ4n) is 1.03. The van der Waals surface area contributed by atoms with Crippen LogP contribution in [0.25, 0.3) is 10.8 Å². The van der Waals surface area contributed by atoms with Gasteiger partial charge in [-0.2, -0.15) is 0 Å². The van der Waals surface area contributed by atoms with Crippen LogP contribution >= 0.6 is 0 Å². The molecular weight excluding hydrogens is 170 g/mol. The number of benzene rings is 1. The van der Waals surface area contributed by atoms with E-state index in [1.54, 1.807) is 0 Å². The van der Waals surface area contributed by atoms with Gasteiger partial charge in [0.25, 0.3) is 0 Å². The molecule has 2 rings (SSSR count). The average molecular weight is 177 g/mol. The second-order valence-electron chi connectivity index (χ2n) is 2.22. The largest absolute Gasteiger partial charge is 4.00 e. The summed E-state index contributed by atoms with van der Waals surface area (Å²) < 4.78 is 0. The van der Waals surface area contributed by atoms with Crippen molar-refractivity contribution in [2.75, 3.05) is 0 Å². The van der Waals surface area contributed by atoms with Crippen molar-refractivity contribution in [1.29, 1.82) is 0 Å². The van der Waals surface area contributed by atoms with Gasteiger partial charge in [-0.15, -0.1) is 0 Å². The Balaban J connectivity index is 0.000000605. The molecule has 1 aromatic carbocycles. The SMILES string of the molecule is [Ti+4].c1ccc2cnccc2c1. The number of fused-ring (bicyclic) bond motifs is 1. The first kappa shape index (κ1) is 8.44. The van der Waals surface area contributed by atoms with Crippen molar-refractivity contribution in [1.82, 2.24) is 4.98 Å². The van der Waals surface area contributed by atoms with Gasteiger partial charge in [-0.05, 0) is 16.8 Å². The van der Waals surface area contributed by atoms with E-state index >= 15 is 0 Å². The van der Waals surface area contributed by atoms with Gasteiger partial charge in [0.15, 0.2) is 0 Å². The fourth-order valence-corrected chi connectivity index (χ4v) is 1.03. The van der Waals surface area contributed by atoms with Crippen molar-refractivity contribution >= 4 is 10.8 Å². The fraction of sp³-hybridized carbons (Fsp3) is 0. The zero-order valence-electron chi connectivity index (χ0n) is 5.99. The van der Waals surface area contributed by atoms with Crippen LogP contribution in [0, 0.1) is 0 Å². The molecule has 1 aromatic heterocycles. The first-order valence-corrected chi connectivity index (χ1v) is 3.25. The predicted octanol–water partition coefficient (Wildman–Crippen LogP) is 2.23. The molecule has 0 fully saturated rings. The van der Waals surface area contributed by atoms with Gasteiger partial charge < -0.3 is 0 Å². The third-order valence-corrected chi connectivity index (χ3v) is 1.55. The standard InChI is InChI=1S/C9H7N.Ti/c1-2-4-9-7-10-6-5-8(9)3-1;/h1-7H;/q;+4. The molecule has 11 heavy (non-hydrogen) atoms. The van der Waals surface area contributed by atoms with Gasteiger partial charge >= 0.3 is 21.7 Å². The van der Waals surface area contributed by atoms with Crippen molar-refractivity contribution < 1.29 is 21.7 Å². The molecule has 0 bridgehead atoms. The molecule has 0 saturated carbocycles. The van der Waals surface area contributed by atoms with E-state index in [0.717, 1.165) is 0 Å². The number of aromatic nitrogens is 1. The maximum absolute atomic E-state index is 4.01. The van der Waals surface area contributed by atoms with E-state index in [9.17, 15) is 0 Å². The van der Waals surface area contributed by atoms with Gasteiger partial charge in [-0.25, -0.2) is 0 Å². The van der Waals surface area contributed by atoms with Gasteiger partial charge in [-0.1, -0.05) is 24.3 Å². The Morgan fingerprint density at radius 1 is 0.909 bits per heavy atom. The number of hydrogen-bond acceptors (Lipinski definition) is 1. The Hall–Kier alpha value is -0.656. The van der Waals surface area contributed by atoms with Gasteiger partial charge in [0, 0.05) is 12.4 Å². The number of rotatable bonds is 0. The summed E-state index contributed by atoms with van der Waals surface area (Å²) >= 11 is 0. The maximum Gasteiger partial charge on any atom is 4.00 e. The zero-order valence-corrected chi connectivity index (χ0v) is 7.55. The molecule has 1 heterocycles. The average Bonchev–Trinajstić information content (AvgIpc) is 2.05. The summed E-state index contributed by atoms with van der Waals surface area (Å²) in [6, 6.07) is 10.2. The van der Waals surface area contributed by atoms with Crippen LogP contribution < -0.4 is 0 Å². The van der Waals surface area contributed by atoms with Gasteiger partial charge in [-0.3, -0.25) is 4.98 Å². The third-order valence-electron chi connectivity index (χ3n) is 1.55. The summed E-state index contributed by atoms with van der Waals surface area (Å²) in [5.41, 5.74) is 0. The number of nitrogens with zero attached hydrogens (tertiary/aromatic N) is 1. The van der Waals surface area contributed by atoms with Crippen LogP contribution in [0.3, 0.4) is 0 Å². The van der Waals surface area contributed by atoms with E-state index in [2.05, 4.69) is 17.1 Å². The third kappa shape index (κ3) is 1.68. The van der Waals surface area contributed by atoms with E-state index < -0.39 is 0 Å². The summed E-state index contributed by atoms with van der Waals surface area (Å²) in [7, 11) is 0. The van der Waals surface area contributed by atoms with Crippen LogP contribution in [0.5, 0.6) is 0 Å². The second-order valence-corrected chi connectivity index (χ2v) is 2.22. The molecule has 0 N–H and O–H groups in total. The van der Waals surface area contributed by atoms with Crippen LogP contribution in [-0.2, 0) is 21.7 Å². The first-order chi connectivity index (χ1) is 4.97. The van der Waals surface area contributed by atoms with Crippen molar-refractivity contribution in [3.8, 4) is 0 Å². The van der Waals surface area contributed by atoms with E-state index in [4.69, 9.17) is 0 Å². The number of hydrogen-bond donors (Lipinski definition) is 0. The van der Waals surface area contributed by atoms with Gasteiger partial charge in [0.05, 0.1) is 0 Å². The van der Waals surface area contributed by atoms with E-state index in [0.29, 0.717) is 0 Å². The summed E-state index contributed by atoms with van der Waals surface area (Å²) in [4.78, 5) is 4.01. The van der Waals surface area contributed by atoms with Gasteiger partial charge in [0.2, 0.25) is 0 Å². The van der Waals surface area contributed by atoms with Crippen molar-refractivity contribution in [3.63, 3.8) is 0 Å². The molecule has 2 aromatic rings. The molecular formula is C9H7NTi+4. The molecule has 0 radical (unpaired) electrons. The second kappa shape index (κ2) is 3.65. The molecule has 0 unspecified atom stereocenters. The van der Waals surface area contributed by atoms with E-state index in [1.165, 1.54) is 10.8 Å². The van der Waals surface area contributed by atoms with Crippen molar-refractivity contribution in [2.24, 2.45) is 0 Å². The number of pyridine rings is 1. The van der Waals surface area contributed by atoms with Crippen molar-refractivity contribution in [2.45, 2.75) is 0 Å².